The van der Waals surface area contributed by atoms with Crippen molar-refractivity contribution in [1.29, 1.82) is 0 Å². The molecule has 0 amide bonds. The van der Waals surface area contributed by atoms with E-state index in [1.807, 2.05) is 0 Å². The molecular formula is C8H12O2. The van der Waals surface area contributed by atoms with Gasteiger partial charge in [-0.15, -0.1) is 6.58 Å². The van der Waals surface area contributed by atoms with Gasteiger partial charge in [-0.25, -0.2) is 0 Å². The van der Waals surface area contributed by atoms with Crippen molar-refractivity contribution in [2.75, 3.05) is 0 Å². The van der Waals surface area contributed by atoms with Gasteiger partial charge in [-0.2, -0.15) is 0 Å². The summed E-state index contributed by atoms with van der Waals surface area (Å²) in [4.78, 5) is 10.6. The number of rotatable bonds is 3. The van der Waals surface area contributed by atoms with Gasteiger partial charge in [0, 0.05) is 0 Å². The number of hydrogen-bond donors (Lipinski definition) is 1. The zero-order valence-corrected chi connectivity index (χ0v) is 5.97. The van der Waals surface area contributed by atoms with E-state index in [1.165, 1.54) is 0 Å². The van der Waals surface area contributed by atoms with E-state index in [2.05, 4.69) is 6.58 Å². The molecule has 1 rings (SSSR count). The Hall–Kier alpha value is -0.790. The first-order valence-electron chi connectivity index (χ1n) is 3.55. The molecule has 1 saturated carbocycles. The van der Waals surface area contributed by atoms with E-state index < -0.39 is 11.4 Å². The average Bonchev–Trinajstić information content (AvgIpc) is 1.77. The van der Waals surface area contributed by atoms with Crippen LogP contribution in [0.3, 0.4) is 0 Å². The van der Waals surface area contributed by atoms with Crippen LogP contribution in [0.4, 0.5) is 0 Å². The van der Waals surface area contributed by atoms with Gasteiger partial charge < -0.3 is 5.11 Å². The molecule has 1 aliphatic rings. The minimum absolute atomic E-state index is 0.429. The van der Waals surface area contributed by atoms with Crippen molar-refractivity contribution >= 4 is 5.97 Å². The lowest BCUT2D eigenvalue weighted by molar-refractivity contribution is -0.154. The van der Waals surface area contributed by atoms with Gasteiger partial charge in [0.05, 0.1) is 5.41 Å². The third-order valence-corrected chi connectivity index (χ3v) is 2.30. The van der Waals surface area contributed by atoms with Crippen LogP contribution in [0.5, 0.6) is 0 Å². The molecule has 2 heteroatoms. The van der Waals surface area contributed by atoms with Crippen LogP contribution in [0.25, 0.3) is 0 Å². The highest BCUT2D eigenvalue weighted by Gasteiger charge is 2.42. The highest BCUT2D eigenvalue weighted by molar-refractivity contribution is 5.75. The van der Waals surface area contributed by atoms with Crippen LogP contribution in [0.2, 0.25) is 0 Å². The van der Waals surface area contributed by atoms with E-state index in [9.17, 15) is 4.79 Å². The zero-order valence-electron chi connectivity index (χ0n) is 5.97. The highest BCUT2D eigenvalue weighted by Crippen LogP contribution is 2.44. The first kappa shape index (κ1) is 7.32. The molecule has 0 atom stereocenters. The Labute approximate surface area is 60.6 Å². The second-order valence-electron chi connectivity index (χ2n) is 2.93. The molecule has 0 saturated heterocycles. The van der Waals surface area contributed by atoms with E-state index in [4.69, 9.17) is 5.11 Å². The smallest absolute Gasteiger partial charge is 0.309 e. The Kier molecular flexibility index (Phi) is 1.79. The zero-order chi connectivity index (χ0) is 7.61. The van der Waals surface area contributed by atoms with Crippen LogP contribution >= 0.6 is 0 Å². The minimum Gasteiger partial charge on any atom is -0.481 e. The van der Waals surface area contributed by atoms with Gasteiger partial charge in [-0.1, -0.05) is 12.5 Å². The lowest BCUT2D eigenvalue weighted by Gasteiger charge is -2.36. The van der Waals surface area contributed by atoms with Gasteiger partial charge in [0.1, 0.15) is 0 Å². The summed E-state index contributed by atoms with van der Waals surface area (Å²) in [5.41, 5.74) is -0.429. The van der Waals surface area contributed by atoms with Crippen molar-refractivity contribution < 1.29 is 9.90 Å². The third-order valence-electron chi connectivity index (χ3n) is 2.30. The van der Waals surface area contributed by atoms with Crippen molar-refractivity contribution in [3.8, 4) is 0 Å². The Morgan fingerprint density at radius 2 is 2.30 bits per heavy atom. The summed E-state index contributed by atoms with van der Waals surface area (Å²) in [5.74, 6) is -0.654. The Morgan fingerprint density at radius 1 is 1.70 bits per heavy atom. The van der Waals surface area contributed by atoms with Gasteiger partial charge >= 0.3 is 5.97 Å². The number of hydrogen-bond acceptors (Lipinski definition) is 1. The maximum atomic E-state index is 10.6. The SMILES string of the molecule is C=CCC1(C(=O)O)CCC1. The van der Waals surface area contributed by atoms with E-state index in [1.54, 1.807) is 6.08 Å². The molecule has 2 nitrogen and oxygen atoms in total. The second-order valence-corrected chi connectivity index (χ2v) is 2.93. The highest BCUT2D eigenvalue weighted by atomic mass is 16.4. The normalized spacial score (nSPS) is 21.2. The van der Waals surface area contributed by atoms with Crippen molar-refractivity contribution in [2.45, 2.75) is 25.7 Å². The molecule has 0 spiro atoms. The summed E-state index contributed by atoms with van der Waals surface area (Å²) in [6.07, 6.45) is 5.04. The van der Waals surface area contributed by atoms with Gasteiger partial charge in [-0.05, 0) is 19.3 Å². The monoisotopic (exact) mass is 140 g/mol. The maximum Gasteiger partial charge on any atom is 0.309 e. The molecule has 1 aliphatic carbocycles. The Balaban J connectivity index is 2.58. The van der Waals surface area contributed by atoms with Crippen molar-refractivity contribution in [3.05, 3.63) is 12.7 Å². The summed E-state index contributed by atoms with van der Waals surface area (Å²) in [6.45, 7) is 3.55. The van der Waals surface area contributed by atoms with E-state index in [-0.39, 0.29) is 0 Å². The number of aliphatic carboxylic acids is 1. The van der Waals surface area contributed by atoms with Crippen molar-refractivity contribution in [3.63, 3.8) is 0 Å². The Morgan fingerprint density at radius 3 is 2.40 bits per heavy atom. The predicted octanol–water partition coefficient (Wildman–Crippen LogP) is 1.82. The van der Waals surface area contributed by atoms with Gasteiger partial charge in [0.15, 0.2) is 0 Å². The summed E-state index contributed by atoms with van der Waals surface area (Å²) < 4.78 is 0. The third kappa shape index (κ3) is 0.939. The molecule has 0 aromatic rings. The summed E-state index contributed by atoms with van der Waals surface area (Å²) in [7, 11) is 0. The molecule has 1 fully saturated rings. The quantitative estimate of drug-likeness (QED) is 0.607. The van der Waals surface area contributed by atoms with E-state index >= 15 is 0 Å². The van der Waals surface area contributed by atoms with Crippen LogP contribution < -0.4 is 0 Å². The molecule has 0 unspecified atom stereocenters. The fourth-order valence-electron chi connectivity index (χ4n) is 1.39. The topological polar surface area (TPSA) is 37.3 Å². The largest absolute Gasteiger partial charge is 0.481 e. The summed E-state index contributed by atoms with van der Waals surface area (Å²) in [6, 6.07) is 0. The van der Waals surface area contributed by atoms with Crippen LogP contribution in [0, 0.1) is 5.41 Å². The fraction of sp³-hybridized carbons (Fsp3) is 0.625. The van der Waals surface area contributed by atoms with Gasteiger partial charge in [-0.3, -0.25) is 4.79 Å². The number of carboxylic acid groups (broad SMARTS) is 1. The molecule has 0 aromatic carbocycles. The molecule has 56 valence electrons. The molecule has 10 heavy (non-hydrogen) atoms. The van der Waals surface area contributed by atoms with Gasteiger partial charge in [0.2, 0.25) is 0 Å². The van der Waals surface area contributed by atoms with Crippen molar-refractivity contribution in [1.82, 2.24) is 0 Å². The van der Waals surface area contributed by atoms with Crippen LogP contribution in [0.15, 0.2) is 12.7 Å². The lowest BCUT2D eigenvalue weighted by atomic mass is 9.67. The number of carbonyl (C=O) groups is 1. The Bertz CT molecular complexity index is 157. The number of carboxylic acids is 1. The van der Waals surface area contributed by atoms with Crippen LogP contribution in [0.1, 0.15) is 25.7 Å². The average molecular weight is 140 g/mol. The molecular weight excluding hydrogens is 128 g/mol. The summed E-state index contributed by atoms with van der Waals surface area (Å²) in [5, 5.41) is 8.77. The summed E-state index contributed by atoms with van der Waals surface area (Å²) >= 11 is 0. The van der Waals surface area contributed by atoms with Gasteiger partial charge in [0.25, 0.3) is 0 Å². The first-order chi connectivity index (χ1) is 4.71. The molecule has 0 radical (unpaired) electrons. The van der Waals surface area contributed by atoms with E-state index in [0.29, 0.717) is 6.42 Å². The molecule has 0 aliphatic heterocycles. The van der Waals surface area contributed by atoms with Crippen LogP contribution in [-0.2, 0) is 4.79 Å². The lowest BCUT2D eigenvalue weighted by Crippen LogP contribution is -2.37. The minimum atomic E-state index is -0.654. The predicted molar refractivity (Wildman–Crippen MR) is 38.7 cm³/mol. The molecule has 0 aromatic heterocycles. The van der Waals surface area contributed by atoms with Crippen molar-refractivity contribution in [2.24, 2.45) is 5.41 Å². The molecule has 0 heterocycles. The first-order valence-corrected chi connectivity index (χ1v) is 3.55. The maximum absolute atomic E-state index is 10.6. The second kappa shape index (κ2) is 2.45. The van der Waals surface area contributed by atoms with Crippen LogP contribution in [-0.4, -0.2) is 11.1 Å². The standard InChI is InChI=1S/C8H12O2/c1-2-4-8(7(9)10)5-3-6-8/h2H,1,3-6H2,(H,9,10). The molecule has 1 N–H and O–H groups in total. The molecule has 0 bridgehead atoms. The van der Waals surface area contributed by atoms with E-state index in [0.717, 1.165) is 19.3 Å². The number of allylic oxidation sites excluding steroid dienone is 1. The fourth-order valence-corrected chi connectivity index (χ4v) is 1.39.